The number of likely N-dealkylation sites (tertiary alicyclic amines) is 1. The Kier molecular flexibility index (Phi) is 3.23. The molecular weight excluding hydrogens is 268 g/mol. The number of hydrogen-bond acceptors (Lipinski definition) is 2. The van der Waals surface area contributed by atoms with Crippen molar-refractivity contribution in [3.8, 4) is 0 Å². The van der Waals surface area contributed by atoms with Crippen LogP contribution in [0.2, 0.25) is 0 Å². The topological polar surface area (TPSA) is 6.48 Å². The number of anilines is 2. The van der Waals surface area contributed by atoms with Crippen molar-refractivity contribution in [2.45, 2.75) is 25.2 Å². The largest absolute Gasteiger partial charge is 0.340 e. The SMILES string of the molecule is Cc1ccc2c(c1)N(c1ccccc1)CC21CCN(C)CC1. The highest BCUT2D eigenvalue weighted by atomic mass is 15.2. The standard InChI is InChI=1S/C20H24N2/c1-16-8-9-18-19(14-16)22(17-6-4-3-5-7-17)15-20(18)10-12-21(2)13-11-20/h3-9,14H,10-13,15H2,1-2H3. The van der Waals surface area contributed by atoms with Crippen LogP contribution in [0.1, 0.15) is 24.0 Å². The second-order valence-electron chi connectivity index (χ2n) is 7.03. The lowest BCUT2D eigenvalue weighted by Gasteiger charge is -2.38. The van der Waals surface area contributed by atoms with Crippen LogP contribution in [0.3, 0.4) is 0 Å². The highest BCUT2D eigenvalue weighted by Gasteiger charge is 2.44. The van der Waals surface area contributed by atoms with Gasteiger partial charge in [-0.1, -0.05) is 30.3 Å². The fourth-order valence-corrected chi connectivity index (χ4v) is 4.10. The van der Waals surface area contributed by atoms with Crippen LogP contribution in [0.15, 0.2) is 48.5 Å². The van der Waals surface area contributed by atoms with Crippen molar-refractivity contribution in [2.75, 3.05) is 31.6 Å². The van der Waals surface area contributed by atoms with Crippen LogP contribution < -0.4 is 4.90 Å². The molecule has 0 aliphatic carbocycles. The van der Waals surface area contributed by atoms with E-state index in [1.54, 1.807) is 5.56 Å². The van der Waals surface area contributed by atoms with Gasteiger partial charge < -0.3 is 9.80 Å². The molecule has 2 aromatic rings. The van der Waals surface area contributed by atoms with E-state index in [9.17, 15) is 0 Å². The predicted molar refractivity (Wildman–Crippen MR) is 93.0 cm³/mol. The van der Waals surface area contributed by atoms with E-state index >= 15 is 0 Å². The van der Waals surface area contributed by atoms with E-state index in [1.807, 2.05) is 0 Å². The molecule has 2 aliphatic rings. The maximum atomic E-state index is 2.54. The molecule has 2 heterocycles. The Morgan fingerprint density at radius 1 is 0.955 bits per heavy atom. The highest BCUT2D eigenvalue weighted by molar-refractivity contribution is 5.73. The zero-order chi connectivity index (χ0) is 15.2. The molecule has 22 heavy (non-hydrogen) atoms. The van der Waals surface area contributed by atoms with Crippen LogP contribution in [0, 0.1) is 6.92 Å². The molecule has 2 aromatic carbocycles. The van der Waals surface area contributed by atoms with Gasteiger partial charge in [0.1, 0.15) is 0 Å². The number of piperidine rings is 1. The van der Waals surface area contributed by atoms with Gasteiger partial charge in [0.25, 0.3) is 0 Å². The molecule has 0 N–H and O–H groups in total. The number of hydrogen-bond donors (Lipinski definition) is 0. The summed E-state index contributed by atoms with van der Waals surface area (Å²) in [5.74, 6) is 0. The van der Waals surface area contributed by atoms with Crippen molar-refractivity contribution in [2.24, 2.45) is 0 Å². The number of aryl methyl sites for hydroxylation is 1. The lowest BCUT2D eigenvalue weighted by Crippen LogP contribution is -2.43. The van der Waals surface area contributed by atoms with Crippen LogP contribution in [0.5, 0.6) is 0 Å². The van der Waals surface area contributed by atoms with Crippen LogP contribution in [-0.4, -0.2) is 31.6 Å². The summed E-state index contributed by atoms with van der Waals surface area (Å²) in [7, 11) is 2.24. The number of fused-ring (bicyclic) bond motifs is 2. The van der Waals surface area contributed by atoms with Crippen LogP contribution in [0.4, 0.5) is 11.4 Å². The molecule has 0 saturated carbocycles. The highest BCUT2D eigenvalue weighted by Crippen LogP contribution is 2.49. The van der Waals surface area contributed by atoms with Gasteiger partial charge in [-0.25, -0.2) is 0 Å². The third-order valence-electron chi connectivity index (χ3n) is 5.49. The monoisotopic (exact) mass is 292 g/mol. The molecule has 1 fully saturated rings. The van der Waals surface area contributed by atoms with Crippen molar-refractivity contribution in [3.05, 3.63) is 59.7 Å². The van der Waals surface area contributed by atoms with E-state index in [0.717, 1.165) is 6.54 Å². The summed E-state index contributed by atoms with van der Waals surface area (Å²) < 4.78 is 0. The predicted octanol–water partition coefficient (Wildman–Crippen LogP) is 4.11. The maximum Gasteiger partial charge on any atom is 0.0452 e. The maximum absolute atomic E-state index is 2.54. The molecule has 0 radical (unpaired) electrons. The van der Waals surface area contributed by atoms with Crippen molar-refractivity contribution in [1.82, 2.24) is 4.90 Å². The lowest BCUT2D eigenvalue weighted by molar-refractivity contribution is 0.198. The summed E-state index contributed by atoms with van der Waals surface area (Å²) in [6.45, 7) is 5.73. The van der Waals surface area contributed by atoms with Crippen LogP contribution in [-0.2, 0) is 5.41 Å². The number of nitrogens with zero attached hydrogens (tertiary/aromatic N) is 2. The molecule has 114 valence electrons. The zero-order valence-electron chi connectivity index (χ0n) is 13.5. The number of benzene rings is 2. The molecule has 1 saturated heterocycles. The molecule has 4 rings (SSSR count). The number of para-hydroxylation sites is 1. The molecule has 1 spiro atoms. The van der Waals surface area contributed by atoms with E-state index in [-0.39, 0.29) is 0 Å². The van der Waals surface area contributed by atoms with E-state index in [1.165, 1.54) is 42.9 Å². The molecule has 2 aliphatic heterocycles. The van der Waals surface area contributed by atoms with Crippen molar-refractivity contribution >= 4 is 11.4 Å². The molecule has 2 nitrogen and oxygen atoms in total. The summed E-state index contributed by atoms with van der Waals surface area (Å²) >= 11 is 0. The first-order chi connectivity index (χ1) is 10.7. The Bertz CT molecular complexity index is 669. The van der Waals surface area contributed by atoms with Gasteiger partial charge in [-0.3, -0.25) is 0 Å². The zero-order valence-corrected chi connectivity index (χ0v) is 13.5. The summed E-state index contributed by atoms with van der Waals surface area (Å²) in [5.41, 5.74) is 6.01. The minimum atomic E-state index is 0.339. The Labute approximate surface area is 133 Å². The van der Waals surface area contributed by atoms with Gasteiger partial charge >= 0.3 is 0 Å². The summed E-state index contributed by atoms with van der Waals surface area (Å²) in [6.07, 6.45) is 2.53. The normalized spacial score (nSPS) is 20.4. The van der Waals surface area contributed by atoms with Crippen LogP contribution >= 0.6 is 0 Å². The second-order valence-corrected chi connectivity index (χ2v) is 7.03. The first-order valence-electron chi connectivity index (χ1n) is 8.30. The van der Waals surface area contributed by atoms with E-state index in [4.69, 9.17) is 0 Å². The van der Waals surface area contributed by atoms with Gasteiger partial charge in [-0.15, -0.1) is 0 Å². The Morgan fingerprint density at radius 3 is 2.41 bits per heavy atom. The first-order valence-corrected chi connectivity index (χ1v) is 8.30. The smallest absolute Gasteiger partial charge is 0.0452 e. The first kappa shape index (κ1) is 13.8. The van der Waals surface area contributed by atoms with Crippen LogP contribution in [0.25, 0.3) is 0 Å². The quantitative estimate of drug-likeness (QED) is 0.780. The van der Waals surface area contributed by atoms with Gasteiger partial charge in [0.05, 0.1) is 0 Å². The second kappa shape index (κ2) is 5.13. The number of rotatable bonds is 1. The van der Waals surface area contributed by atoms with Gasteiger partial charge in [0, 0.05) is 23.3 Å². The average Bonchev–Trinajstić information content (AvgIpc) is 2.85. The Hall–Kier alpha value is -1.80. The van der Waals surface area contributed by atoms with Crippen molar-refractivity contribution < 1.29 is 0 Å². The summed E-state index contributed by atoms with van der Waals surface area (Å²) in [4.78, 5) is 5.00. The van der Waals surface area contributed by atoms with Gasteiger partial charge in [-0.05, 0) is 69.2 Å². The minimum absolute atomic E-state index is 0.339. The van der Waals surface area contributed by atoms with Gasteiger partial charge in [0.2, 0.25) is 0 Å². The third kappa shape index (κ3) is 2.14. The summed E-state index contributed by atoms with van der Waals surface area (Å²) in [5, 5.41) is 0. The minimum Gasteiger partial charge on any atom is -0.340 e. The third-order valence-corrected chi connectivity index (χ3v) is 5.49. The van der Waals surface area contributed by atoms with E-state index in [0.29, 0.717) is 5.41 Å². The summed E-state index contributed by atoms with van der Waals surface area (Å²) in [6, 6.07) is 17.9. The van der Waals surface area contributed by atoms with Crippen molar-refractivity contribution in [1.29, 1.82) is 0 Å². The lowest BCUT2D eigenvalue weighted by atomic mass is 9.74. The molecule has 0 unspecified atom stereocenters. The molecule has 0 bridgehead atoms. The average molecular weight is 292 g/mol. The molecule has 0 aromatic heterocycles. The van der Waals surface area contributed by atoms with E-state index < -0.39 is 0 Å². The fraction of sp³-hybridized carbons (Fsp3) is 0.400. The van der Waals surface area contributed by atoms with Crippen molar-refractivity contribution in [3.63, 3.8) is 0 Å². The molecular formula is C20H24N2. The van der Waals surface area contributed by atoms with E-state index in [2.05, 4.69) is 72.3 Å². The molecule has 2 heteroatoms. The fourth-order valence-electron chi connectivity index (χ4n) is 4.10. The molecule has 0 atom stereocenters. The van der Waals surface area contributed by atoms with Gasteiger partial charge in [-0.2, -0.15) is 0 Å². The Balaban J connectivity index is 1.80. The van der Waals surface area contributed by atoms with Gasteiger partial charge in [0.15, 0.2) is 0 Å². The molecule has 0 amide bonds. The Morgan fingerprint density at radius 2 is 1.68 bits per heavy atom.